The Morgan fingerprint density at radius 1 is 1.40 bits per heavy atom. The standard InChI is InChI=1S/C15H22BrClN2O/c1-10(2)11(7-8-18)3-6-15(20)19-12-4-5-14(17)13(16)9-12/h4-5,9-11H,3,6-8,18H2,1-2H3,(H,19,20). The Labute approximate surface area is 134 Å². The van der Waals surface area contributed by atoms with Gasteiger partial charge in [0.2, 0.25) is 5.91 Å². The number of carbonyl (C=O) groups is 1. The molecule has 0 aliphatic carbocycles. The Bertz CT molecular complexity index is 451. The van der Waals surface area contributed by atoms with Crippen molar-refractivity contribution >= 4 is 39.1 Å². The van der Waals surface area contributed by atoms with E-state index in [1.807, 2.05) is 0 Å². The molecule has 1 atom stereocenters. The minimum Gasteiger partial charge on any atom is -0.330 e. The smallest absolute Gasteiger partial charge is 0.224 e. The maximum absolute atomic E-state index is 11.9. The summed E-state index contributed by atoms with van der Waals surface area (Å²) in [5.41, 5.74) is 6.37. The topological polar surface area (TPSA) is 55.1 Å². The zero-order valence-corrected chi connectivity index (χ0v) is 14.3. The molecule has 1 amide bonds. The number of rotatable bonds is 7. The molecule has 112 valence electrons. The Hall–Kier alpha value is -0.580. The molecule has 1 aromatic rings. The van der Waals surface area contributed by atoms with Gasteiger partial charge in [-0.3, -0.25) is 4.79 Å². The number of hydrogen-bond donors (Lipinski definition) is 2. The number of amides is 1. The number of nitrogens with two attached hydrogens (primary N) is 1. The van der Waals surface area contributed by atoms with E-state index in [-0.39, 0.29) is 5.91 Å². The van der Waals surface area contributed by atoms with Crippen molar-refractivity contribution in [3.05, 3.63) is 27.7 Å². The van der Waals surface area contributed by atoms with Gasteiger partial charge in [-0.15, -0.1) is 0 Å². The summed E-state index contributed by atoms with van der Waals surface area (Å²) < 4.78 is 0.778. The third kappa shape index (κ3) is 5.81. The first-order chi connectivity index (χ1) is 9.43. The molecule has 3 nitrogen and oxygen atoms in total. The average Bonchev–Trinajstić information content (AvgIpc) is 2.38. The first-order valence-electron chi connectivity index (χ1n) is 6.89. The molecule has 1 rings (SSSR count). The Kier molecular flexibility index (Phi) is 7.56. The van der Waals surface area contributed by atoms with Crippen LogP contribution in [0.4, 0.5) is 5.69 Å². The maximum atomic E-state index is 11.9. The number of benzene rings is 1. The second kappa shape index (κ2) is 8.65. The molecule has 20 heavy (non-hydrogen) atoms. The van der Waals surface area contributed by atoms with Crippen molar-refractivity contribution in [3.8, 4) is 0 Å². The van der Waals surface area contributed by atoms with Crippen molar-refractivity contribution in [1.82, 2.24) is 0 Å². The number of nitrogens with one attached hydrogen (secondary N) is 1. The number of hydrogen-bond acceptors (Lipinski definition) is 2. The van der Waals surface area contributed by atoms with Crippen molar-refractivity contribution in [1.29, 1.82) is 0 Å². The molecule has 1 aromatic carbocycles. The van der Waals surface area contributed by atoms with Gasteiger partial charge in [0.1, 0.15) is 0 Å². The predicted molar refractivity (Wildman–Crippen MR) is 89.0 cm³/mol. The summed E-state index contributed by atoms with van der Waals surface area (Å²) >= 11 is 9.26. The summed E-state index contributed by atoms with van der Waals surface area (Å²) in [4.78, 5) is 11.9. The SMILES string of the molecule is CC(C)C(CCN)CCC(=O)Nc1ccc(Cl)c(Br)c1. The Morgan fingerprint density at radius 2 is 2.10 bits per heavy atom. The lowest BCUT2D eigenvalue weighted by Crippen LogP contribution is -2.18. The van der Waals surface area contributed by atoms with Crippen LogP contribution in [0, 0.1) is 11.8 Å². The van der Waals surface area contributed by atoms with E-state index in [0.29, 0.717) is 29.8 Å². The maximum Gasteiger partial charge on any atom is 0.224 e. The molecule has 0 saturated heterocycles. The van der Waals surface area contributed by atoms with E-state index >= 15 is 0 Å². The third-order valence-corrected chi connectivity index (χ3v) is 4.64. The fourth-order valence-corrected chi connectivity index (χ4v) is 2.64. The molecule has 0 saturated carbocycles. The molecule has 0 aromatic heterocycles. The molecule has 0 heterocycles. The van der Waals surface area contributed by atoms with Crippen LogP contribution in [0.5, 0.6) is 0 Å². The highest BCUT2D eigenvalue weighted by Crippen LogP contribution is 2.26. The number of halogens is 2. The molecular weight excluding hydrogens is 340 g/mol. The minimum atomic E-state index is 0.0295. The van der Waals surface area contributed by atoms with Gasteiger partial charge in [-0.1, -0.05) is 25.4 Å². The largest absolute Gasteiger partial charge is 0.330 e. The van der Waals surface area contributed by atoms with Crippen LogP contribution < -0.4 is 11.1 Å². The van der Waals surface area contributed by atoms with Crippen LogP contribution in [0.1, 0.15) is 33.1 Å². The summed E-state index contributed by atoms with van der Waals surface area (Å²) in [6.45, 7) is 5.03. The molecule has 0 spiro atoms. The number of anilines is 1. The third-order valence-electron chi connectivity index (χ3n) is 3.43. The molecule has 5 heteroatoms. The van der Waals surface area contributed by atoms with E-state index in [0.717, 1.165) is 23.0 Å². The minimum absolute atomic E-state index is 0.0295. The molecule has 0 radical (unpaired) electrons. The normalized spacial score (nSPS) is 12.5. The Balaban J connectivity index is 2.48. The second-order valence-corrected chi connectivity index (χ2v) is 6.56. The predicted octanol–water partition coefficient (Wildman–Crippen LogP) is 4.44. The van der Waals surface area contributed by atoms with Gasteiger partial charge in [-0.2, -0.15) is 0 Å². The van der Waals surface area contributed by atoms with Crippen LogP contribution >= 0.6 is 27.5 Å². The van der Waals surface area contributed by atoms with Crippen LogP contribution in [-0.4, -0.2) is 12.5 Å². The Morgan fingerprint density at radius 3 is 2.65 bits per heavy atom. The lowest BCUT2D eigenvalue weighted by molar-refractivity contribution is -0.116. The van der Waals surface area contributed by atoms with E-state index in [4.69, 9.17) is 17.3 Å². The summed E-state index contributed by atoms with van der Waals surface area (Å²) in [6, 6.07) is 5.36. The quantitative estimate of drug-likeness (QED) is 0.754. The zero-order valence-electron chi connectivity index (χ0n) is 12.0. The summed E-state index contributed by atoms with van der Waals surface area (Å²) in [5.74, 6) is 1.08. The van der Waals surface area contributed by atoms with E-state index in [9.17, 15) is 4.79 Å². The van der Waals surface area contributed by atoms with Gasteiger partial charge in [0, 0.05) is 16.6 Å². The van der Waals surface area contributed by atoms with Crippen LogP contribution in [0.3, 0.4) is 0 Å². The van der Waals surface area contributed by atoms with E-state index in [1.54, 1.807) is 18.2 Å². The van der Waals surface area contributed by atoms with Crippen LogP contribution in [0.15, 0.2) is 22.7 Å². The molecule has 1 unspecified atom stereocenters. The first-order valence-corrected chi connectivity index (χ1v) is 8.06. The molecular formula is C15H22BrClN2O. The van der Waals surface area contributed by atoms with Gasteiger partial charge < -0.3 is 11.1 Å². The van der Waals surface area contributed by atoms with Gasteiger partial charge in [0.05, 0.1) is 5.02 Å². The van der Waals surface area contributed by atoms with Gasteiger partial charge in [0.25, 0.3) is 0 Å². The summed E-state index contributed by atoms with van der Waals surface area (Å²) in [5, 5.41) is 3.52. The highest BCUT2D eigenvalue weighted by Gasteiger charge is 2.14. The highest BCUT2D eigenvalue weighted by atomic mass is 79.9. The van der Waals surface area contributed by atoms with Crippen LogP contribution in [-0.2, 0) is 4.79 Å². The highest BCUT2D eigenvalue weighted by molar-refractivity contribution is 9.10. The summed E-state index contributed by atoms with van der Waals surface area (Å²) in [6.07, 6.45) is 2.36. The van der Waals surface area contributed by atoms with Crippen molar-refractivity contribution in [2.75, 3.05) is 11.9 Å². The van der Waals surface area contributed by atoms with Crippen molar-refractivity contribution in [2.24, 2.45) is 17.6 Å². The molecule has 3 N–H and O–H groups in total. The van der Waals surface area contributed by atoms with Crippen molar-refractivity contribution in [3.63, 3.8) is 0 Å². The van der Waals surface area contributed by atoms with Gasteiger partial charge in [0.15, 0.2) is 0 Å². The average molecular weight is 362 g/mol. The van der Waals surface area contributed by atoms with E-state index in [2.05, 4.69) is 35.1 Å². The van der Waals surface area contributed by atoms with Gasteiger partial charge >= 0.3 is 0 Å². The lowest BCUT2D eigenvalue weighted by atomic mass is 9.88. The lowest BCUT2D eigenvalue weighted by Gasteiger charge is -2.19. The molecule has 0 aliphatic heterocycles. The number of carbonyl (C=O) groups excluding carboxylic acids is 1. The van der Waals surface area contributed by atoms with Crippen molar-refractivity contribution < 1.29 is 4.79 Å². The van der Waals surface area contributed by atoms with E-state index < -0.39 is 0 Å². The van der Waals surface area contributed by atoms with Crippen molar-refractivity contribution in [2.45, 2.75) is 33.1 Å². The zero-order chi connectivity index (χ0) is 15.1. The summed E-state index contributed by atoms with van der Waals surface area (Å²) in [7, 11) is 0. The fraction of sp³-hybridized carbons (Fsp3) is 0.533. The molecule has 0 aliphatic rings. The monoisotopic (exact) mass is 360 g/mol. The van der Waals surface area contributed by atoms with Gasteiger partial charge in [-0.25, -0.2) is 0 Å². The van der Waals surface area contributed by atoms with Gasteiger partial charge in [-0.05, 0) is 65.4 Å². The fourth-order valence-electron chi connectivity index (χ4n) is 2.14. The molecule has 0 fully saturated rings. The van der Waals surface area contributed by atoms with Crippen LogP contribution in [0.25, 0.3) is 0 Å². The van der Waals surface area contributed by atoms with E-state index in [1.165, 1.54) is 0 Å². The molecule has 0 bridgehead atoms. The van der Waals surface area contributed by atoms with Crippen LogP contribution in [0.2, 0.25) is 5.02 Å². The first kappa shape index (κ1) is 17.5. The second-order valence-electron chi connectivity index (χ2n) is 5.30.